The number of rotatable bonds is 3. The second-order valence-corrected chi connectivity index (χ2v) is 9.23. The molecule has 1 atom stereocenters. The van der Waals surface area contributed by atoms with Crippen LogP contribution in [0.15, 0.2) is 60.8 Å². The zero-order valence-corrected chi connectivity index (χ0v) is 16.0. The molecule has 28 heavy (non-hydrogen) atoms. The summed E-state index contributed by atoms with van der Waals surface area (Å²) in [4.78, 5) is 30.0. The minimum Gasteiger partial charge on any atom is -0.360 e. The number of carbonyl (C=O) groups excluding carboxylic acids is 2. The molecule has 6 nitrogen and oxygen atoms in total. The van der Waals surface area contributed by atoms with Crippen LogP contribution in [0, 0.1) is 0 Å². The Labute approximate surface area is 163 Å². The standard InChI is InChI=1S/C21H20N2O4S/c24-20(17-14-22-18-9-5-4-8-16(17)18)21(25)23-11-10-19(28(26,27)13-12-23)15-6-2-1-3-7-15/h1-9,14,19,22H,10-13H2. The maximum absolute atomic E-state index is 12.8. The van der Waals surface area contributed by atoms with Gasteiger partial charge in [0.2, 0.25) is 0 Å². The molecule has 0 spiro atoms. The van der Waals surface area contributed by atoms with E-state index in [1.807, 2.05) is 18.2 Å². The van der Waals surface area contributed by atoms with Crippen LogP contribution < -0.4 is 0 Å². The Morgan fingerprint density at radius 2 is 1.68 bits per heavy atom. The quantitative estimate of drug-likeness (QED) is 0.545. The van der Waals surface area contributed by atoms with Gasteiger partial charge in [-0.2, -0.15) is 0 Å². The Balaban J connectivity index is 1.57. The lowest BCUT2D eigenvalue weighted by Crippen LogP contribution is -2.38. The number of ketones is 1. The summed E-state index contributed by atoms with van der Waals surface area (Å²) in [6.07, 6.45) is 1.81. The smallest absolute Gasteiger partial charge is 0.295 e. The number of hydrogen-bond acceptors (Lipinski definition) is 4. The summed E-state index contributed by atoms with van der Waals surface area (Å²) in [5.74, 6) is -1.43. The number of aromatic nitrogens is 1. The Hall–Kier alpha value is -2.93. The molecule has 1 N–H and O–H groups in total. The number of nitrogens with one attached hydrogen (secondary N) is 1. The normalized spacial score (nSPS) is 19.3. The third kappa shape index (κ3) is 3.33. The molecule has 0 aliphatic carbocycles. The number of fused-ring (bicyclic) bond motifs is 1. The molecule has 0 radical (unpaired) electrons. The van der Waals surface area contributed by atoms with Crippen LogP contribution in [-0.2, 0) is 14.6 Å². The highest BCUT2D eigenvalue weighted by atomic mass is 32.2. The van der Waals surface area contributed by atoms with Crippen LogP contribution in [0.5, 0.6) is 0 Å². The van der Waals surface area contributed by atoms with Gasteiger partial charge in [-0.3, -0.25) is 9.59 Å². The second kappa shape index (κ2) is 7.24. The van der Waals surface area contributed by atoms with Gasteiger partial charge in [0.1, 0.15) is 0 Å². The number of nitrogens with zero attached hydrogens (tertiary/aromatic N) is 1. The van der Waals surface area contributed by atoms with Gasteiger partial charge in [0.25, 0.3) is 11.7 Å². The van der Waals surface area contributed by atoms with E-state index >= 15 is 0 Å². The van der Waals surface area contributed by atoms with Crippen molar-refractivity contribution in [1.82, 2.24) is 9.88 Å². The molecule has 4 rings (SSSR count). The van der Waals surface area contributed by atoms with E-state index in [2.05, 4.69) is 4.98 Å². The molecular weight excluding hydrogens is 376 g/mol. The number of amides is 1. The fraction of sp³-hybridized carbons (Fsp3) is 0.238. The molecule has 2 aromatic carbocycles. The minimum atomic E-state index is -3.41. The van der Waals surface area contributed by atoms with Crippen LogP contribution in [0.4, 0.5) is 0 Å². The summed E-state index contributed by atoms with van der Waals surface area (Å²) < 4.78 is 25.4. The van der Waals surface area contributed by atoms with E-state index in [-0.39, 0.29) is 25.3 Å². The number of H-pyrrole nitrogens is 1. The van der Waals surface area contributed by atoms with Gasteiger partial charge in [-0.1, -0.05) is 48.5 Å². The van der Waals surface area contributed by atoms with Crippen LogP contribution in [-0.4, -0.2) is 48.8 Å². The summed E-state index contributed by atoms with van der Waals surface area (Å²) in [5, 5.41) is 0.0279. The van der Waals surface area contributed by atoms with Crippen molar-refractivity contribution in [3.8, 4) is 0 Å². The molecule has 3 aromatic rings. The maximum Gasteiger partial charge on any atom is 0.295 e. The van der Waals surface area contributed by atoms with Crippen molar-refractivity contribution < 1.29 is 18.0 Å². The van der Waals surface area contributed by atoms with E-state index in [4.69, 9.17) is 0 Å². The molecule has 1 unspecified atom stereocenters. The SMILES string of the molecule is O=C(C(=O)N1CCC(c2ccccc2)S(=O)(=O)CC1)c1c[nH]c2ccccc12. The van der Waals surface area contributed by atoms with Gasteiger partial charge in [-0.15, -0.1) is 0 Å². The van der Waals surface area contributed by atoms with E-state index in [9.17, 15) is 18.0 Å². The molecule has 0 bridgehead atoms. The average Bonchev–Trinajstić information content (AvgIpc) is 3.07. The molecule has 1 aliphatic heterocycles. The topological polar surface area (TPSA) is 87.3 Å². The highest BCUT2D eigenvalue weighted by Gasteiger charge is 2.34. The van der Waals surface area contributed by atoms with Crippen molar-refractivity contribution >= 4 is 32.4 Å². The van der Waals surface area contributed by atoms with Crippen molar-refractivity contribution in [3.63, 3.8) is 0 Å². The third-order valence-electron chi connectivity index (χ3n) is 5.23. The van der Waals surface area contributed by atoms with E-state index < -0.39 is 26.8 Å². The maximum atomic E-state index is 12.8. The molecule has 2 heterocycles. The highest BCUT2D eigenvalue weighted by molar-refractivity contribution is 7.91. The summed E-state index contributed by atoms with van der Waals surface area (Å²) in [7, 11) is -3.41. The number of sulfone groups is 1. The summed E-state index contributed by atoms with van der Waals surface area (Å²) in [6.45, 7) is 0.254. The van der Waals surface area contributed by atoms with Crippen LogP contribution in [0.2, 0.25) is 0 Å². The van der Waals surface area contributed by atoms with Gasteiger partial charge in [-0.05, 0) is 18.1 Å². The predicted molar refractivity (Wildman–Crippen MR) is 107 cm³/mol. The largest absolute Gasteiger partial charge is 0.360 e. The second-order valence-electron chi connectivity index (χ2n) is 6.92. The first-order valence-corrected chi connectivity index (χ1v) is 10.8. The van der Waals surface area contributed by atoms with Gasteiger partial charge >= 0.3 is 0 Å². The van der Waals surface area contributed by atoms with E-state index in [1.54, 1.807) is 36.4 Å². The van der Waals surface area contributed by atoms with Crippen molar-refractivity contribution in [3.05, 3.63) is 71.9 Å². The van der Waals surface area contributed by atoms with Crippen LogP contribution >= 0.6 is 0 Å². The van der Waals surface area contributed by atoms with Crippen molar-refractivity contribution in [2.75, 3.05) is 18.8 Å². The average molecular weight is 396 g/mol. The van der Waals surface area contributed by atoms with Crippen LogP contribution in [0.1, 0.15) is 27.6 Å². The fourth-order valence-corrected chi connectivity index (χ4v) is 5.50. The number of carbonyl (C=O) groups is 2. The van der Waals surface area contributed by atoms with Crippen molar-refractivity contribution in [1.29, 1.82) is 0 Å². The van der Waals surface area contributed by atoms with Crippen LogP contribution in [0.25, 0.3) is 10.9 Å². The molecule has 1 aromatic heterocycles. The van der Waals surface area contributed by atoms with Gasteiger partial charge in [0, 0.05) is 30.2 Å². The van der Waals surface area contributed by atoms with Crippen molar-refractivity contribution in [2.45, 2.75) is 11.7 Å². The first-order chi connectivity index (χ1) is 13.5. The lowest BCUT2D eigenvalue weighted by Gasteiger charge is -2.19. The third-order valence-corrected chi connectivity index (χ3v) is 7.35. The Morgan fingerprint density at radius 3 is 2.46 bits per heavy atom. The fourth-order valence-electron chi connectivity index (χ4n) is 3.71. The molecule has 1 saturated heterocycles. The summed E-state index contributed by atoms with van der Waals surface area (Å²) >= 11 is 0. The molecule has 7 heteroatoms. The number of aromatic amines is 1. The zero-order valence-electron chi connectivity index (χ0n) is 15.2. The molecular formula is C21H20N2O4S. The van der Waals surface area contributed by atoms with E-state index in [0.717, 1.165) is 11.1 Å². The molecule has 144 valence electrons. The monoisotopic (exact) mass is 396 g/mol. The van der Waals surface area contributed by atoms with Gasteiger partial charge in [0.15, 0.2) is 9.84 Å². The van der Waals surface area contributed by atoms with E-state index in [1.165, 1.54) is 11.1 Å². The van der Waals surface area contributed by atoms with Gasteiger partial charge in [-0.25, -0.2) is 8.42 Å². The number of Topliss-reactive ketones (excluding diaryl/α,β-unsaturated/α-hetero) is 1. The minimum absolute atomic E-state index is 0.0264. The highest BCUT2D eigenvalue weighted by Crippen LogP contribution is 2.29. The lowest BCUT2D eigenvalue weighted by molar-refractivity contribution is -0.126. The van der Waals surface area contributed by atoms with Crippen molar-refractivity contribution in [2.24, 2.45) is 0 Å². The van der Waals surface area contributed by atoms with E-state index in [0.29, 0.717) is 10.9 Å². The van der Waals surface area contributed by atoms with Crippen LogP contribution in [0.3, 0.4) is 0 Å². The van der Waals surface area contributed by atoms with Gasteiger partial charge < -0.3 is 9.88 Å². The molecule has 1 aliphatic rings. The first-order valence-electron chi connectivity index (χ1n) is 9.13. The lowest BCUT2D eigenvalue weighted by atomic mass is 10.1. The number of benzene rings is 2. The predicted octanol–water partition coefficient (Wildman–Crippen LogP) is 2.74. The molecule has 1 amide bonds. The zero-order chi connectivity index (χ0) is 19.7. The Morgan fingerprint density at radius 1 is 0.964 bits per heavy atom. The number of para-hydroxylation sites is 1. The summed E-state index contributed by atoms with van der Waals surface area (Å²) in [6, 6.07) is 16.3. The molecule has 0 saturated carbocycles. The summed E-state index contributed by atoms with van der Waals surface area (Å²) in [5.41, 5.74) is 1.81. The van der Waals surface area contributed by atoms with Gasteiger partial charge in [0.05, 0.1) is 16.6 Å². The Bertz CT molecular complexity index is 1140. The molecule has 1 fully saturated rings. The number of hydrogen-bond donors (Lipinski definition) is 1. The Kier molecular flexibility index (Phi) is 4.77. The first kappa shape index (κ1) is 18.4.